The number of nitrogens with one attached hydrogen (secondary N) is 3. The number of aromatic nitrogens is 1. The lowest BCUT2D eigenvalue weighted by Gasteiger charge is -1.99. The molecule has 0 spiro atoms. The Morgan fingerprint density at radius 2 is 1.56 bits per heavy atom. The predicted octanol–water partition coefficient (Wildman–Crippen LogP) is 3.17. The standard InChI is InChI=1S/C23H17N3O/c27-23-21(17-11-5-7-13-20(17)26-23)22-18(14-24-15-8-2-1-3-9-15)16-10-4-6-12-19(16)25-22/h1-14,24-25H,(H,26,27)/b18-14+,22-21-. The normalized spacial score (nSPS) is 15.7. The maximum atomic E-state index is 12.7. The van der Waals surface area contributed by atoms with E-state index in [9.17, 15) is 4.79 Å². The van der Waals surface area contributed by atoms with Crippen molar-refractivity contribution in [3.8, 4) is 0 Å². The molecule has 4 nitrogen and oxygen atoms in total. The van der Waals surface area contributed by atoms with Crippen molar-refractivity contribution in [2.75, 3.05) is 10.6 Å². The lowest BCUT2D eigenvalue weighted by molar-refractivity contribution is -0.110. The molecule has 0 radical (unpaired) electrons. The lowest BCUT2D eigenvalue weighted by Crippen LogP contribution is -2.29. The molecule has 130 valence electrons. The molecule has 0 aliphatic carbocycles. The molecular weight excluding hydrogens is 334 g/mol. The third-order valence-corrected chi connectivity index (χ3v) is 4.82. The molecule has 27 heavy (non-hydrogen) atoms. The first kappa shape index (κ1) is 15.5. The summed E-state index contributed by atoms with van der Waals surface area (Å²) in [5.41, 5.74) is 4.43. The summed E-state index contributed by atoms with van der Waals surface area (Å²) in [6, 6.07) is 25.8. The summed E-state index contributed by atoms with van der Waals surface area (Å²) in [7, 11) is 0. The van der Waals surface area contributed by atoms with Gasteiger partial charge in [-0.3, -0.25) is 4.79 Å². The van der Waals surface area contributed by atoms with Crippen molar-refractivity contribution < 1.29 is 4.79 Å². The quantitative estimate of drug-likeness (QED) is 0.520. The number of hydrogen-bond donors (Lipinski definition) is 3. The van der Waals surface area contributed by atoms with Gasteiger partial charge >= 0.3 is 0 Å². The molecule has 0 atom stereocenters. The van der Waals surface area contributed by atoms with Crippen LogP contribution in [0.15, 0.2) is 78.9 Å². The highest BCUT2D eigenvalue weighted by Crippen LogP contribution is 2.29. The Bertz CT molecular complexity index is 1290. The Labute approximate surface area is 155 Å². The molecule has 0 saturated heterocycles. The second-order valence-corrected chi connectivity index (χ2v) is 6.49. The number of anilines is 2. The van der Waals surface area contributed by atoms with E-state index in [0.717, 1.165) is 38.4 Å². The van der Waals surface area contributed by atoms with Gasteiger partial charge in [0.05, 0.1) is 10.9 Å². The van der Waals surface area contributed by atoms with Crippen LogP contribution >= 0.6 is 0 Å². The van der Waals surface area contributed by atoms with Gasteiger partial charge in [0, 0.05) is 39.3 Å². The zero-order valence-corrected chi connectivity index (χ0v) is 14.5. The van der Waals surface area contributed by atoms with Crippen LogP contribution < -0.4 is 21.2 Å². The maximum Gasteiger partial charge on any atom is 0.258 e. The van der Waals surface area contributed by atoms with Gasteiger partial charge in [0.25, 0.3) is 5.91 Å². The first-order valence-electron chi connectivity index (χ1n) is 8.85. The van der Waals surface area contributed by atoms with Gasteiger partial charge in [-0.15, -0.1) is 0 Å². The van der Waals surface area contributed by atoms with Crippen LogP contribution in [0.3, 0.4) is 0 Å². The van der Waals surface area contributed by atoms with Crippen LogP contribution in [0.5, 0.6) is 0 Å². The van der Waals surface area contributed by atoms with E-state index >= 15 is 0 Å². The smallest absolute Gasteiger partial charge is 0.258 e. The van der Waals surface area contributed by atoms with Crippen molar-refractivity contribution in [2.45, 2.75) is 0 Å². The SMILES string of the molecule is O=C1Nc2ccccc2/C1=c1/[nH]c2ccccc2/c1=C\Nc1ccccc1. The third-order valence-electron chi connectivity index (χ3n) is 4.82. The van der Waals surface area contributed by atoms with Crippen molar-refractivity contribution in [1.82, 2.24) is 4.98 Å². The molecule has 2 heterocycles. The van der Waals surface area contributed by atoms with Crippen LogP contribution in [0.1, 0.15) is 5.56 Å². The van der Waals surface area contributed by atoms with Gasteiger partial charge < -0.3 is 15.6 Å². The summed E-state index contributed by atoms with van der Waals surface area (Å²) in [6.45, 7) is 0. The highest BCUT2D eigenvalue weighted by molar-refractivity contribution is 6.31. The molecule has 1 aliphatic rings. The number of fused-ring (bicyclic) bond motifs is 2. The number of aromatic amines is 1. The molecule has 4 heteroatoms. The maximum absolute atomic E-state index is 12.7. The molecule has 4 aromatic rings. The zero-order chi connectivity index (χ0) is 18.2. The first-order valence-corrected chi connectivity index (χ1v) is 8.85. The largest absolute Gasteiger partial charge is 0.361 e. The van der Waals surface area contributed by atoms with Crippen LogP contribution in [0.2, 0.25) is 0 Å². The lowest BCUT2D eigenvalue weighted by atomic mass is 10.1. The van der Waals surface area contributed by atoms with Crippen LogP contribution in [0.4, 0.5) is 11.4 Å². The number of carbonyl (C=O) groups excluding carboxylic acids is 1. The number of hydrogen-bond acceptors (Lipinski definition) is 2. The molecule has 0 fully saturated rings. The number of H-pyrrole nitrogens is 1. The van der Waals surface area contributed by atoms with Crippen molar-refractivity contribution >= 4 is 40.0 Å². The predicted molar refractivity (Wildman–Crippen MR) is 110 cm³/mol. The molecule has 5 rings (SSSR count). The van der Waals surface area contributed by atoms with Gasteiger partial charge in [-0.05, 0) is 24.3 Å². The minimum absolute atomic E-state index is 0.0860. The monoisotopic (exact) mass is 351 g/mol. The van der Waals surface area contributed by atoms with Crippen LogP contribution in [-0.2, 0) is 4.79 Å². The fourth-order valence-electron chi connectivity index (χ4n) is 3.57. The van der Waals surface area contributed by atoms with E-state index in [1.165, 1.54) is 0 Å². The van der Waals surface area contributed by atoms with Crippen molar-refractivity contribution in [1.29, 1.82) is 0 Å². The van der Waals surface area contributed by atoms with E-state index in [1.54, 1.807) is 0 Å². The molecule has 1 aromatic heterocycles. The van der Waals surface area contributed by atoms with Gasteiger partial charge in [-0.1, -0.05) is 54.6 Å². The average molecular weight is 351 g/mol. The van der Waals surface area contributed by atoms with Crippen LogP contribution in [0, 0.1) is 0 Å². The van der Waals surface area contributed by atoms with E-state index in [4.69, 9.17) is 0 Å². The average Bonchev–Trinajstić information content (AvgIpc) is 3.23. The van der Waals surface area contributed by atoms with E-state index < -0.39 is 0 Å². The number of carbonyl (C=O) groups is 1. The third kappa shape index (κ3) is 2.59. The Hall–Kier alpha value is -3.79. The van der Waals surface area contributed by atoms with Crippen LogP contribution in [0.25, 0.3) is 22.7 Å². The molecule has 0 unspecified atom stereocenters. The number of rotatable bonds is 2. The number of benzene rings is 3. The van der Waals surface area contributed by atoms with Gasteiger partial charge in [0.2, 0.25) is 0 Å². The Morgan fingerprint density at radius 3 is 2.44 bits per heavy atom. The molecule has 1 aliphatic heterocycles. The molecule has 0 bridgehead atoms. The Balaban J connectivity index is 1.83. The minimum Gasteiger partial charge on any atom is -0.361 e. The van der Waals surface area contributed by atoms with E-state index in [0.29, 0.717) is 5.57 Å². The van der Waals surface area contributed by atoms with E-state index in [1.807, 2.05) is 79.0 Å². The van der Waals surface area contributed by atoms with E-state index in [2.05, 4.69) is 21.7 Å². The van der Waals surface area contributed by atoms with Crippen molar-refractivity contribution in [2.24, 2.45) is 0 Å². The Morgan fingerprint density at radius 1 is 0.815 bits per heavy atom. The van der Waals surface area contributed by atoms with Gasteiger partial charge in [-0.2, -0.15) is 0 Å². The molecule has 0 saturated carbocycles. The molecular formula is C23H17N3O. The number of para-hydroxylation sites is 3. The minimum atomic E-state index is -0.0860. The summed E-state index contributed by atoms with van der Waals surface area (Å²) >= 11 is 0. The van der Waals surface area contributed by atoms with Gasteiger partial charge in [0.1, 0.15) is 0 Å². The highest BCUT2D eigenvalue weighted by Gasteiger charge is 2.25. The fraction of sp³-hybridized carbons (Fsp3) is 0. The summed E-state index contributed by atoms with van der Waals surface area (Å²) in [5, 5.41) is 9.17. The fourth-order valence-corrected chi connectivity index (χ4v) is 3.57. The van der Waals surface area contributed by atoms with Gasteiger partial charge in [-0.25, -0.2) is 0 Å². The van der Waals surface area contributed by atoms with E-state index in [-0.39, 0.29) is 5.91 Å². The summed E-state index contributed by atoms with van der Waals surface area (Å²) in [4.78, 5) is 16.2. The highest BCUT2D eigenvalue weighted by atomic mass is 16.2. The molecule has 1 amide bonds. The van der Waals surface area contributed by atoms with Gasteiger partial charge in [0.15, 0.2) is 0 Å². The Kier molecular flexibility index (Phi) is 3.54. The summed E-state index contributed by atoms with van der Waals surface area (Å²) in [6.07, 6.45) is 1.96. The van der Waals surface area contributed by atoms with Crippen LogP contribution in [-0.4, -0.2) is 10.9 Å². The molecule has 3 aromatic carbocycles. The second-order valence-electron chi connectivity index (χ2n) is 6.49. The summed E-state index contributed by atoms with van der Waals surface area (Å²) < 4.78 is 0. The molecule has 3 N–H and O–H groups in total. The number of amides is 1. The van der Waals surface area contributed by atoms with Crippen molar-refractivity contribution in [3.63, 3.8) is 0 Å². The van der Waals surface area contributed by atoms with Crippen molar-refractivity contribution in [3.05, 3.63) is 95.0 Å². The zero-order valence-electron chi connectivity index (χ0n) is 14.5. The summed E-state index contributed by atoms with van der Waals surface area (Å²) in [5.74, 6) is -0.0860. The topological polar surface area (TPSA) is 56.9 Å². The first-order chi connectivity index (χ1) is 13.3. The second kappa shape index (κ2) is 6.18.